The summed E-state index contributed by atoms with van der Waals surface area (Å²) in [6.45, 7) is 9.56. The van der Waals surface area contributed by atoms with Crippen LogP contribution in [0.1, 0.15) is 33.6 Å². The molecule has 0 aliphatic carbocycles. The number of carboxylic acid groups (broad SMARTS) is 1. The van der Waals surface area contributed by atoms with E-state index in [4.69, 9.17) is 4.74 Å². The first-order chi connectivity index (χ1) is 8.48. The Bertz CT molecular complexity index is 273. The molecule has 1 rings (SSSR count). The molecule has 1 fully saturated rings. The highest BCUT2D eigenvalue weighted by Crippen LogP contribution is 2.12. The van der Waals surface area contributed by atoms with Crippen LogP contribution in [0.2, 0.25) is 0 Å². The number of nitrogens with one attached hydrogen (secondary N) is 1. The Morgan fingerprint density at radius 3 is 2.94 bits per heavy atom. The largest absolute Gasteiger partial charge is 0.480 e. The molecule has 0 aromatic heterocycles. The summed E-state index contributed by atoms with van der Waals surface area (Å²) in [5, 5.41) is 12.6. The minimum Gasteiger partial charge on any atom is -0.480 e. The van der Waals surface area contributed by atoms with E-state index < -0.39 is 11.5 Å². The van der Waals surface area contributed by atoms with Crippen LogP contribution in [0, 0.1) is 0 Å². The van der Waals surface area contributed by atoms with Crippen molar-refractivity contribution in [2.75, 3.05) is 32.8 Å². The maximum Gasteiger partial charge on any atom is 0.324 e. The molecule has 1 saturated heterocycles. The Labute approximate surface area is 109 Å². The third-order valence-electron chi connectivity index (χ3n) is 3.31. The summed E-state index contributed by atoms with van der Waals surface area (Å²) in [6.07, 6.45) is 2.08. The lowest BCUT2D eigenvalue weighted by molar-refractivity contribution is -0.145. The molecular weight excluding hydrogens is 232 g/mol. The average Bonchev–Trinajstić information content (AvgIpc) is 2.50. The summed E-state index contributed by atoms with van der Waals surface area (Å²) in [7, 11) is 0. The number of ether oxygens (including phenoxy) is 1. The molecule has 5 nitrogen and oxygen atoms in total. The van der Waals surface area contributed by atoms with Crippen LogP contribution >= 0.6 is 0 Å². The summed E-state index contributed by atoms with van der Waals surface area (Å²) in [4.78, 5) is 13.6. The maximum atomic E-state index is 11.4. The second-order valence-electron chi connectivity index (χ2n) is 5.33. The van der Waals surface area contributed by atoms with Crippen molar-refractivity contribution in [1.29, 1.82) is 0 Å². The Hall–Kier alpha value is -0.650. The van der Waals surface area contributed by atoms with Crippen molar-refractivity contribution in [3.63, 3.8) is 0 Å². The van der Waals surface area contributed by atoms with Crippen molar-refractivity contribution in [2.45, 2.75) is 45.3 Å². The summed E-state index contributed by atoms with van der Waals surface area (Å²) in [5.74, 6) is -0.784. The molecule has 2 atom stereocenters. The van der Waals surface area contributed by atoms with Crippen LogP contribution in [-0.4, -0.2) is 60.4 Å². The number of carbonyl (C=O) groups is 1. The van der Waals surface area contributed by atoms with Gasteiger partial charge in [0, 0.05) is 26.2 Å². The summed E-state index contributed by atoms with van der Waals surface area (Å²) in [6, 6.07) is 0. The lowest BCUT2D eigenvalue weighted by Gasteiger charge is -2.33. The van der Waals surface area contributed by atoms with Gasteiger partial charge < -0.3 is 15.2 Å². The van der Waals surface area contributed by atoms with Gasteiger partial charge in [0.25, 0.3) is 0 Å². The Kier molecular flexibility index (Phi) is 6.05. The van der Waals surface area contributed by atoms with Gasteiger partial charge in [0.05, 0.1) is 6.10 Å². The van der Waals surface area contributed by atoms with E-state index in [0.717, 1.165) is 39.1 Å². The van der Waals surface area contributed by atoms with Crippen molar-refractivity contribution in [2.24, 2.45) is 0 Å². The van der Waals surface area contributed by atoms with Crippen molar-refractivity contribution >= 4 is 5.97 Å². The number of hydrogen-bond donors (Lipinski definition) is 2. The number of hydrogen-bond acceptors (Lipinski definition) is 4. The second-order valence-corrected chi connectivity index (χ2v) is 5.33. The second kappa shape index (κ2) is 7.07. The topological polar surface area (TPSA) is 61.8 Å². The number of rotatable bonds is 6. The first-order valence-electron chi connectivity index (χ1n) is 6.80. The smallest absolute Gasteiger partial charge is 0.324 e. The quantitative estimate of drug-likeness (QED) is 0.742. The Balaban J connectivity index is 2.61. The molecular formula is C13H26N2O3. The van der Waals surface area contributed by atoms with E-state index in [-0.39, 0.29) is 6.10 Å². The molecule has 1 aliphatic heterocycles. The zero-order chi connectivity index (χ0) is 13.6. The lowest BCUT2D eigenvalue weighted by Crippen LogP contribution is -2.57. The van der Waals surface area contributed by atoms with Crippen molar-refractivity contribution in [1.82, 2.24) is 10.2 Å². The molecule has 0 radical (unpaired) electrons. The predicted molar refractivity (Wildman–Crippen MR) is 70.8 cm³/mol. The molecule has 1 aliphatic rings. The highest BCUT2D eigenvalue weighted by Gasteiger charge is 2.35. The van der Waals surface area contributed by atoms with Gasteiger partial charge in [-0.1, -0.05) is 6.92 Å². The molecule has 106 valence electrons. The van der Waals surface area contributed by atoms with Crippen LogP contribution in [0.4, 0.5) is 0 Å². The Morgan fingerprint density at radius 1 is 1.61 bits per heavy atom. The van der Waals surface area contributed by atoms with Gasteiger partial charge in [-0.15, -0.1) is 0 Å². The van der Waals surface area contributed by atoms with Crippen LogP contribution in [0.15, 0.2) is 0 Å². The van der Waals surface area contributed by atoms with Crippen molar-refractivity contribution < 1.29 is 14.6 Å². The minimum atomic E-state index is -0.875. The molecule has 0 spiro atoms. The van der Waals surface area contributed by atoms with Gasteiger partial charge in [-0.2, -0.15) is 0 Å². The fourth-order valence-electron chi connectivity index (χ4n) is 2.27. The molecule has 2 N–H and O–H groups in total. The summed E-state index contributed by atoms with van der Waals surface area (Å²) < 4.78 is 5.58. The highest BCUT2D eigenvalue weighted by atomic mass is 16.5. The fraction of sp³-hybridized carbons (Fsp3) is 0.923. The average molecular weight is 258 g/mol. The first kappa shape index (κ1) is 15.4. The van der Waals surface area contributed by atoms with Gasteiger partial charge >= 0.3 is 5.97 Å². The van der Waals surface area contributed by atoms with E-state index in [0.29, 0.717) is 6.54 Å². The molecule has 0 aromatic carbocycles. The molecule has 1 heterocycles. The van der Waals surface area contributed by atoms with Gasteiger partial charge in [0.15, 0.2) is 0 Å². The van der Waals surface area contributed by atoms with Crippen molar-refractivity contribution in [3.05, 3.63) is 0 Å². The van der Waals surface area contributed by atoms with Gasteiger partial charge in [0.2, 0.25) is 0 Å². The molecule has 0 saturated carbocycles. The summed E-state index contributed by atoms with van der Waals surface area (Å²) in [5.41, 5.74) is -0.875. The van der Waals surface area contributed by atoms with Crippen LogP contribution in [0.25, 0.3) is 0 Å². The first-order valence-corrected chi connectivity index (χ1v) is 6.80. The minimum absolute atomic E-state index is 0.178. The van der Waals surface area contributed by atoms with Crippen LogP contribution in [0.5, 0.6) is 0 Å². The van der Waals surface area contributed by atoms with Crippen LogP contribution in [0.3, 0.4) is 0 Å². The SMILES string of the molecule is CCCNC(C)(CN1CCCOC(C)C1)C(=O)O. The number of carboxylic acids is 1. The van der Waals surface area contributed by atoms with Crippen molar-refractivity contribution in [3.8, 4) is 0 Å². The zero-order valence-corrected chi connectivity index (χ0v) is 11.7. The molecule has 0 amide bonds. The molecule has 18 heavy (non-hydrogen) atoms. The van der Waals surface area contributed by atoms with Crippen LogP contribution in [-0.2, 0) is 9.53 Å². The van der Waals surface area contributed by atoms with E-state index in [9.17, 15) is 9.90 Å². The van der Waals surface area contributed by atoms with E-state index >= 15 is 0 Å². The van der Waals surface area contributed by atoms with E-state index in [1.54, 1.807) is 6.92 Å². The molecule has 0 bridgehead atoms. The van der Waals surface area contributed by atoms with Gasteiger partial charge in [0.1, 0.15) is 5.54 Å². The van der Waals surface area contributed by atoms with E-state index in [2.05, 4.69) is 10.2 Å². The Morgan fingerprint density at radius 2 is 2.33 bits per heavy atom. The van der Waals surface area contributed by atoms with Gasteiger partial charge in [-0.3, -0.25) is 9.69 Å². The molecule has 0 aromatic rings. The predicted octanol–water partition coefficient (Wildman–Crippen LogP) is 0.940. The van der Waals surface area contributed by atoms with E-state index in [1.807, 2.05) is 13.8 Å². The van der Waals surface area contributed by atoms with E-state index in [1.165, 1.54) is 0 Å². The normalized spacial score (nSPS) is 25.4. The number of nitrogens with zero attached hydrogens (tertiary/aromatic N) is 1. The standard InChI is InChI=1S/C13H26N2O3/c1-4-6-14-13(3,12(16)17)10-15-7-5-8-18-11(2)9-15/h11,14H,4-10H2,1-3H3,(H,16,17). The van der Waals surface area contributed by atoms with Gasteiger partial charge in [-0.05, 0) is 33.2 Å². The number of aliphatic carboxylic acids is 1. The third kappa shape index (κ3) is 4.55. The summed E-state index contributed by atoms with van der Waals surface area (Å²) >= 11 is 0. The third-order valence-corrected chi connectivity index (χ3v) is 3.31. The maximum absolute atomic E-state index is 11.4. The molecule has 5 heteroatoms. The molecule has 2 unspecified atom stereocenters. The fourth-order valence-corrected chi connectivity index (χ4v) is 2.27. The lowest BCUT2D eigenvalue weighted by atomic mass is 10.0. The highest BCUT2D eigenvalue weighted by molar-refractivity contribution is 5.78. The monoisotopic (exact) mass is 258 g/mol. The van der Waals surface area contributed by atoms with Crippen LogP contribution < -0.4 is 5.32 Å². The zero-order valence-electron chi connectivity index (χ0n) is 11.7. The van der Waals surface area contributed by atoms with Gasteiger partial charge in [-0.25, -0.2) is 0 Å².